The lowest BCUT2D eigenvalue weighted by molar-refractivity contribution is 0.350. The highest BCUT2D eigenvalue weighted by atomic mass is 14.9. The number of benzene rings is 1. The summed E-state index contributed by atoms with van der Waals surface area (Å²) in [6.45, 7) is 10.3. The second-order valence-electron chi connectivity index (χ2n) is 6.61. The molecule has 0 aliphatic heterocycles. The van der Waals surface area contributed by atoms with Gasteiger partial charge in [0.2, 0.25) is 0 Å². The molecule has 0 radical (unpaired) electrons. The van der Waals surface area contributed by atoms with Crippen LogP contribution in [0.25, 0.3) is 0 Å². The van der Waals surface area contributed by atoms with Crippen LogP contribution in [-0.4, -0.2) is 12.6 Å². The van der Waals surface area contributed by atoms with E-state index in [1.807, 2.05) is 0 Å². The van der Waals surface area contributed by atoms with E-state index < -0.39 is 0 Å². The third-order valence-corrected chi connectivity index (χ3v) is 4.71. The third kappa shape index (κ3) is 3.60. The molecule has 0 aromatic heterocycles. The monoisotopic (exact) mass is 259 g/mol. The summed E-state index contributed by atoms with van der Waals surface area (Å²) >= 11 is 0. The van der Waals surface area contributed by atoms with Gasteiger partial charge < -0.3 is 5.32 Å². The Morgan fingerprint density at radius 1 is 1.11 bits per heavy atom. The van der Waals surface area contributed by atoms with Crippen LogP contribution in [-0.2, 0) is 6.42 Å². The van der Waals surface area contributed by atoms with Crippen molar-refractivity contribution in [2.75, 3.05) is 6.54 Å². The predicted octanol–water partition coefficient (Wildman–Crippen LogP) is 4.52. The highest BCUT2D eigenvalue weighted by Crippen LogP contribution is 2.51. The summed E-state index contributed by atoms with van der Waals surface area (Å²) in [6, 6.07) is 9.93. The molecule has 0 bridgehead atoms. The van der Waals surface area contributed by atoms with Crippen molar-refractivity contribution >= 4 is 0 Å². The minimum atomic E-state index is 0.536. The molecule has 1 aliphatic rings. The highest BCUT2D eigenvalue weighted by Gasteiger charge is 2.46. The summed E-state index contributed by atoms with van der Waals surface area (Å²) in [6.07, 6.45) is 5.24. The topological polar surface area (TPSA) is 12.0 Å². The first kappa shape index (κ1) is 14.6. The standard InChI is InChI=1S/C18H29N/c1-5-12-19-15(4)18(10-11-18)13-16-6-8-17(9-7-16)14(2)3/h6-9,14-15,19H,5,10-13H2,1-4H3. The van der Waals surface area contributed by atoms with Gasteiger partial charge in [-0.3, -0.25) is 0 Å². The van der Waals surface area contributed by atoms with Gasteiger partial charge in [0, 0.05) is 6.04 Å². The van der Waals surface area contributed by atoms with Gasteiger partial charge in [-0.2, -0.15) is 0 Å². The van der Waals surface area contributed by atoms with Crippen molar-refractivity contribution in [3.8, 4) is 0 Å². The Labute approximate surface area is 118 Å². The third-order valence-electron chi connectivity index (χ3n) is 4.71. The fourth-order valence-electron chi connectivity index (χ4n) is 2.93. The van der Waals surface area contributed by atoms with Crippen LogP contribution in [0.3, 0.4) is 0 Å². The Kier molecular flexibility index (Phi) is 4.67. The number of hydrogen-bond acceptors (Lipinski definition) is 1. The minimum Gasteiger partial charge on any atom is -0.314 e. The molecule has 1 nitrogen and oxygen atoms in total. The van der Waals surface area contributed by atoms with Crippen molar-refractivity contribution in [2.24, 2.45) is 5.41 Å². The van der Waals surface area contributed by atoms with Crippen molar-refractivity contribution in [1.82, 2.24) is 5.32 Å². The Bertz CT molecular complexity index is 387. The van der Waals surface area contributed by atoms with Crippen LogP contribution in [0.1, 0.15) is 64.0 Å². The fraction of sp³-hybridized carbons (Fsp3) is 0.667. The van der Waals surface area contributed by atoms with Gasteiger partial charge >= 0.3 is 0 Å². The van der Waals surface area contributed by atoms with Gasteiger partial charge in [0.1, 0.15) is 0 Å². The van der Waals surface area contributed by atoms with Crippen LogP contribution in [0.15, 0.2) is 24.3 Å². The molecule has 1 fully saturated rings. The van der Waals surface area contributed by atoms with E-state index in [-0.39, 0.29) is 0 Å². The molecule has 1 heteroatoms. The van der Waals surface area contributed by atoms with E-state index in [4.69, 9.17) is 0 Å². The lowest BCUT2D eigenvalue weighted by Gasteiger charge is -2.25. The van der Waals surface area contributed by atoms with E-state index in [2.05, 4.69) is 57.3 Å². The van der Waals surface area contributed by atoms with Crippen molar-refractivity contribution in [2.45, 2.75) is 65.3 Å². The van der Waals surface area contributed by atoms with Crippen LogP contribution in [0, 0.1) is 5.41 Å². The summed E-state index contributed by atoms with van der Waals surface area (Å²) in [5, 5.41) is 3.68. The van der Waals surface area contributed by atoms with E-state index in [0.29, 0.717) is 17.4 Å². The van der Waals surface area contributed by atoms with Gasteiger partial charge in [0.05, 0.1) is 0 Å². The summed E-state index contributed by atoms with van der Waals surface area (Å²) in [5.41, 5.74) is 3.49. The Hall–Kier alpha value is -0.820. The summed E-state index contributed by atoms with van der Waals surface area (Å²) in [7, 11) is 0. The molecule has 0 amide bonds. The van der Waals surface area contributed by atoms with Gasteiger partial charge in [-0.15, -0.1) is 0 Å². The molecule has 1 aromatic carbocycles. The maximum atomic E-state index is 3.68. The molecule has 0 saturated heterocycles. The molecule has 1 unspecified atom stereocenters. The molecule has 19 heavy (non-hydrogen) atoms. The second-order valence-corrected chi connectivity index (χ2v) is 6.61. The summed E-state index contributed by atoms with van der Waals surface area (Å²) in [4.78, 5) is 0. The first-order valence-electron chi connectivity index (χ1n) is 7.89. The van der Waals surface area contributed by atoms with E-state index in [1.54, 1.807) is 0 Å². The molecular formula is C18H29N. The molecule has 1 aromatic rings. The van der Waals surface area contributed by atoms with Crippen LogP contribution >= 0.6 is 0 Å². The van der Waals surface area contributed by atoms with Crippen molar-refractivity contribution in [3.63, 3.8) is 0 Å². The summed E-state index contributed by atoms with van der Waals surface area (Å²) in [5.74, 6) is 0.633. The smallest absolute Gasteiger partial charge is 0.00983 e. The van der Waals surface area contributed by atoms with Gasteiger partial charge in [-0.1, -0.05) is 45.0 Å². The fourth-order valence-corrected chi connectivity index (χ4v) is 2.93. The van der Waals surface area contributed by atoms with Crippen molar-refractivity contribution < 1.29 is 0 Å². The van der Waals surface area contributed by atoms with E-state index in [0.717, 1.165) is 6.54 Å². The number of nitrogens with one attached hydrogen (secondary N) is 1. The maximum Gasteiger partial charge on any atom is 0.00983 e. The zero-order valence-corrected chi connectivity index (χ0v) is 13.0. The molecule has 1 saturated carbocycles. The molecule has 1 atom stereocenters. The minimum absolute atomic E-state index is 0.536. The normalized spacial score (nSPS) is 18.6. The summed E-state index contributed by atoms with van der Waals surface area (Å²) < 4.78 is 0. The first-order valence-corrected chi connectivity index (χ1v) is 7.89. The van der Waals surface area contributed by atoms with E-state index >= 15 is 0 Å². The lowest BCUT2D eigenvalue weighted by Crippen LogP contribution is -2.36. The highest BCUT2D eigenvalue weighted by molar-refractivity contribution is 5.26. The van der Waals surface area contributed by atoms with Gasteiger partial charge in [-0.05, 0) is 61.6 Å². The Balaban J connectivity index is 1.96. The molecule has 1 N–H and O–H groups in total. The van der Waals surface area contributed by atoms with Crippen LogP contribution in [0.4, 0.5) is 0 Å². The maximum absolute atomic E-state index is 3.68. The largest absolute Gasteiger partial charge is 0.314 e. The second kappa shape index (κ2) is 6.09. The van der Waals surface area contributed by atoms with Crippen molar-refractivity contribution in [1.29, 1.82) is 0 Å². The lowest BCUT2D eigenvalue weighted by atomic mass is 9.89. The van der Waals surface area contributed by atoms with Gasteiger partial charge in [0.25, 0.3) is 0 Å². The van der Waals surface area contributed by atoms with E-state index in [1.165, 1.54) is 36.8 Å². The SMILES string of the molecule is CCCNC(C)C1(Cc2ccc(C(C)C)cc2)CC1. The van der Waals surface area contributed by atoms with Crippen LogP contribution < -0.4 is 5.32 Å². The average Bonchev–Trinajstić information content (AvgIpc) is 3.17. The molecule has 0 spiro atoms. The average molecular weight is 259 g/mol. The van der Waals surface area contributed by atoms with Crippen LogP contribution in [0.2, 0.25) is 0 Å². The number of rotatable bonds is 7. The van der Waals surface area contributed by atoms with Crippen molar-refractivity contribution in [3.05, 3.63) is 35.4 Å². The quantitative estimate of drug-likeness (QED) is 0.759. The molecular weight excluding hydrogens is 230 g/mol. The molecule has 106 valence electrons. The molecule has 0 heterocycles. The Morgan fingerprint density at radius 3 is 2.21 bits per heavy atom. The zero-order valence-electron chi connectivity index (χ0n) is 13.0. The molecule has 1 aliphatic carbocycles. The molecule has 2 rings (SSSR count). The Morgan fingerprint density at radius 2 is 1.74 bits per heavy atom. The van der Waals surface area contributed by atoms with Gasteiger partial charge in [-0.25, -0.2) is 0 Å². The first-order chi connectivity index (χ1) is 9.07. The number of hydrogen-bond donors (Lipinski definition) is 1. The van der Waals surface area contributed by atoms with Gasteiger partial charge in [0.15, 0.2) is 0 Å². The van der Waals surface area contributed by atoms with E-state index in [9.17, 15) is 0 Å². The predicted molar refractivity (Wildman–Crippen MR) is 83.7 cm³/mol. The zero-order chi connectivity index (χ0) is 13.9. The van der Waals surface area contributed by atoms with Crippen LogP contribution in [0.5, 0.6) is 0 Å².